The van der Waals surface area contributed by atoms with Gasteiger partial charge in [-0.15, -0.1) is 0 Å². The van der Waals surface area contributed by atoms with E-state index in [0.717, 1.165) is 17.5 Å². The Kier molecular flexibility index (Phi) is 5.80. The summed E-state index contributed by atoms with van der Waals surface area (Å²) in [5.74, 6) is 0.0873. The molecule has 1 atom stereocenters. The Bertz CT molecular complexity index is 1090. The second-order valence-corrected chi connectivity index (χ2v) is 10.1. The Balaban J connectivity index is 1.61. The Morgan fingerprint density at radius 2 is 1.84 bits per heavy atom. The maximum absolute atomic E-state index is 12.9. The topological polar surface area (TPSA) is 52.7 Å². The van der Waals surface area contributed by atoms with Crippen molar-refractivity contribution in [3.8, 4) is 0 Å². The third kappa shape index (κ3) is 4.14. The SMILES string of the molecule is CC(C)N1c2ccc(/C=C3\NC(=O)N(Cc4ccc(Cl)cc4)C3=O)cc2[C@@H](C)CC1(C)C. The summed E-state index contributed by atoms with van der Waals surface area (Å²) in [5.41, 5.74) is 4.67. The predicted molar refractivity (Wildman–Crippen MR) is 130 cm³/mol. The van der Waals surface area contributed by atoms with Gasteiger partial charge in [-0.25, -0.2) is 4.79 Å². The van der Waals surface area contributed by atoms with E-state index in [4.69, 9.17) is 11.6 Å². The molecule has 3 amide bonds. The molecule has 1 saturated heterocycles. The van der Waals surface area contributed by atoms with E-state index < -0.39 is 6.03 Å². The number of fused-ring (bicyclic) bond motifs is 1. The van der Waals surface area contributed by atoms with E-state index in [9.17, 15) is 9.59 Å². The van der Waals surface area contributed by atoms with Crippen molar-refractivity contribution >= 4 is 35.3 Å². The smallest absolute Gasteiger partial charge is 0.329 e. The van der Waals surface area contributed by atoms with Gasteiger partial charge in [0.2, 0.25) is 0 Å². The first-order valence-corrected chi connectivity index (χ1v) is 11.5. The van der Waals surface area contributed by atoms with Crippen LogP contribution in [0.3, 0.4) is 0 Å². The molecule has 1 N–H and O–H groups in total. The average Bonchev–Trinajstić information content (AvgIpc) is 2.96. The van der Waals surface area contributed by atoms with Gasteiger partial charge in [0.05, 0.1) is 6.54 Å². The highest BCUT2D eigenvalue weighted by molar-refractivity contribution is 6.30. The number of urea groups is 1. The largest absolute Gasteiger partial charge is 0.364 e. The summed E-state index contributed by atoms with van der Waals surface area (Å²) in [4.78, 5) is 29.1. The molecule has 1 fully saturated rings. The number of nitrogens with zero attached hydrogens (tertiary/aromatic N) is 2. The lowest BCUT2D eigenvalue weighted by Crippen LogP contribution is -2.51. The lowest BCUT2D eigenvalue weighted by Gasteiger charge is -2.50. The molecule has 2 aliphatic rings. The Morgan fingerprint density at radius 3 is 2.50 bits per heavy atom. The molecular formula is C26H30ClN3O2. The van der Waals surface area contributed by atoms with Crippen LogP contribution in [0.5, 0.6) is 0 Å². The number of amides is 3. The number of carbonyl (C=O) groups excluding carboxylic acids is 2. The van der Waals surface area contributed by atoms with Crippen LogP contribution in [0, 0.1) is 0 Å². The maximum atomic E-state index is 12.9. The van der Waals surface area contributed by atoms with Crippen molar-refractivity contribution in [2.24, 2.45) is 0 Å². The van der Waals surface area contributed by atoms with Crippen molar-refractivity contribution in [3.05, 3.63) is 69.9 Å². The van der Waals surface area contributed by atoms with Gasteiger partial charge >= 0.3 is 6.03 Å². The van der Waals surface area contributed by atoms with E-state index in [2.05, 4.69) is 57.0 Å². The third-order valence-electron chi connectivity index (χ3n) is 6.34. The van der Waals surface area contributed by atoms with Crippen LogP contribution >= 0.6 is 11.6 Å². The third-order valence-corrected chi connectivity index (χ3v) is 6.60. The minimum Gasteiger partial charge on any atom is -0.364 e. The molecule has 4 rings (SSSR count). The van der Waals surface area contributed by atoms with Gasteiger partial charge in [0.15, 0.2) is 0 Å². The summed E-state index contributed by atoms with van der Waals surface area (Å²) >= 11 is 5.93. The van der Waals surface area contributed by atoms with Crippen molar-refractivity contribution in [2.45, 2.75) is 65.1 Å². The highest BCUT2D eigenvalue weighted by atomic mass is 35.5. The van der Waals surface area contributed by atoms with Crippen LogP contribution in [0.25, 0.3) is 6.08 Å². The van der Waals surface area contributed by atoms with Crippen LogP contribution in [0.15, 0.2) is 48.2 Å². The molecule has 32 heavy (non-hydrogen) atoms. The van der Waals surface area contributed by atoms with Gasteiger partial charge in [-0.2, -0.15) is 0 Å². The van der Waals surface area contributed by atoms with Gasteiger partial charge in [-0.05, 0) is 87.1 Å². The molecule has 2 aliphatic heterocycles. The first-order valence-electron chi connectivity index (χ1n) is 11.1. The average molecular weight is 452 g/mol. The zero-order valence-corrected chi connectivity index (χ0v) is 20.0. The summed E-state index contributed by atoms with van der Waals surface area (Å²) in [6.45, 7) is 11.5. The van der Waals surface area contributed by atoms with Gasteiger partial charge in [0.1, 0.15) is 5.70 Å². The normalized spacial score (nSPS) is 21.3. The maximum Gasteiger partial charge on any atom is 0.329 e. The van der Waals surface area contributed by atoms with Crippen LogP contribution in [0.4, 0.5) is 10.5 Å². The number of imide groups is 1. The van der Waals surface area contributed by atoms with Crippen molar-refractivity contribution in [3.63, 3.8) is 0 Å². The number of anilines is 1. The number of rotatable bonds is 4. The van der Waals surface area contributed by atoms with E-state index in [0.29, 0.717) is 22.7 Å². The zero-order chi connectivity index (χ0) is 23.2. The first kappa shape index (κ1) is 22.4. The van der Waals surface area contributed by atoms with Crippen LogP contribution in [0.2, 0.25) is 5.02 Å². The van der Waals surface area contributed by atoms with E-state index in [1.165, 1.54) is 16.2 Å². The van der Waals surface area contributed by atoms with Crippen molar-refractivity contribution in [1.29, 1.82) is 0 Å². The lowest BCUT2D eigenvalue weighted by atomic mass is 9.79. The van der Waals surface area contributed by atoms with Crippen molar-refractivity contribution in [1.82, 2.24) is 10.2 Å². The molecule has 5 nitrogen and oxygen atoms in total. The molecular weight excluding hydrogens is 422 g/mol. The van der Waals surface area contributed by atoms with Gasteiger partial charge in [-0.3, -0.25) is 9.69 Å². The number of hydrogen-bond donors (Lipinski definition) is 1. The molecule has 0 aromatic heterocycles. The van der Waals surface area contributed by atoms with Gasteiger partial charge in [0.25, 0.3) is 5.91 Å². The molecule has 2 aromatic rings. The molecule has 2 heterocycles. The fourth-order valence-corrected chi connectivity index (χ4v) is 5.32. The summed E-state index contributed by atoms with van der Waals surface area (Å²) in [7, 11) is 0. The Labute approximate surface area is 195 Å². The first-order chi connectivity index (χ1) is 15.1. The summed E-state index contributed by atoms with van der Waals surface area (Å²) in [5, 5.41) is 3.35. The fourth-order valence-electron chi connectivity index (χ4n) is 5.19. The lowest BCUT2D eigenvalue weighted by molar-refractivity contribution is -0.123. The van der Waals surface area contributed by atoms with E-state index in [1.54, 1.807) is 18.2 Å². The standard InChI is InChI=1S/C26H30ClN3O2/c1-16(2)30-23-11-8-19(12-21(23)17(3)14-26(30,4)5)13-22-24(31)29(25(32)28-22)15-18-6-9-20(27)10-7-18/h6-13,16-17H,14-15H2,1-5H3,(H,28,32)/b22-13-/t17-/m0/s1. The predicted octanol–water partition coefficient (Wildman–Crippen LogP) is 5.93. The van der Waals surface area contributed by atoms with E-state index >= 15 is 0 Å². The Hall–Kier alpha value is -2.79. The molecule has 0 saturated carbocycles. The fraction of sp³-hybridized carbons (Fsp3) is 0.385. The number of hydrogen-bond acceptors (Lipinski definition) is 3. The van der Waals surface area contributed by atoms with Crippen LogP contribution in [-0.4, -0.2) is 28.4 Å². The molecule has 2 aromatic carbocycles. The molecule has 168 valence electrons. The molecule has 0 spiro atoms. The highest BCUT2D eigenvalue weighted by Crippen LogP contribution is 2.44. The Morgan fingerprint density at radius 1 is 1.16 bits per heavy atom. The molecule has 0 aliphatic carbocycles. The summed E-state index contributed by atoms with van der Waals surface area (Å²) in [6, 6.07) is 13.4. The minimum absolute atomic E-state index is 0.0815. The number of halogens is 1. The zero-order valence-electron chi connectivity index (χ0n) is 19.3. The van der Waals surface area contributed by atoms with Crippen LogP contribution < -0.4 is 10.2 Å². The van der Waals surface area contributed by atoms with Gasteiger partial charge in [0, 0.05) is 22.3 Å². The quantitative estimate of drug-likeness (QED) is 0.462. The van der Waals surface area contributed by atoms with Crippen LogP contribution in [0.1, 0.15) is 63.6 Å². The number of carbonyl (C=O) groups is 2. The van der Waals surface area contributed by atoms with E-state index in [1.807, 2.05) is 18.2 Å². The van der Waals surface area contributed by atoms with E-state index in [-0.39, 0.29) is 18.0 Å². The van der Waals surface area contributed by atoms with Gasteiger partial charge in [-0.1, -0.05) is 36.7 Å². The monoisotopic (exact) mass is 451 g/mol. The van der Waals surface area contributed by atoms with Crippen molar-refractivity contribution in [2.75, 3.05) is 4.90 Å². The molecule has 6 heteroatoms. The van der Waals surface area contributed by atoms with Crippen molar-refractivity contribution < 1.29 is 9.59 Å². The van der Waals surface area contributed by atoms with Crippen LogP contribution in [-0.2, 0) is 11.3 Å². The highest BCUT2D eigenvalue weighted by Gasteiger charge is 2.38. The number of benzene rings is 2. The molecule has 0 bridgehead atoms. The molecule has 0 unspecified atom stereocenters. The molecule has 0 radical (unpaired) electrons. The van der Waals surface area contributed by atoms with Gasteiger partial charge < -0.3 is 10.2 Å². The summed E-state index contributed by atoms with van der Waals surface area (Å²) < 4.78 is 0. The second kappa shape index (κ2) is 8.28. The minimum atomic E-state index is -0.407. The number of nitrogens with one attached hydrogen (secondary N) is 1. The summed E-state index contributed by atoms with van der Waals surface area (Å²) in [6.07, 6.45) is 2.83. The second-order valence-electron chi connectivity index (χ2n) is 9.71.